The van der Waals surface area contributed by atoms with Crippen LogP contribution < -0.4 is 16.0 Å². The van der Waals surface area contributed by atoms with E-state index in [0.717, 1.165) is 24.2 Å². The molecule has 20 heavy (non-hydrogen) atoms. The number of pyridine rings is 1. The Bertz CT molecular complexity index is 400. The van der Waals surface area contributed by atoms with Crippen LogP contribution in [0.15, 0.2) is 18.5 Å². The van der Waals surface area contributed by atoms with Crippen molar-refractivity contribution >= 4 is 0 Å². The Kier molecular flexibility index (Phi) is 6.91. The van der Waals surface area contributed by atoms with Crippen molar-refractivity contribution < 1.29 is 9.47 Å². The molecular weight excluding hydrogens is 254 g/mol. The van der Waals surface area contributed by atoms with Gasteiger partial charge in [0.25, 0.3) is 0 Å². The van der Waals surface area contributed by atoms with Crippen LogP contribution in [0.5, 0.6) is 5.75 Å². The van der Waals surface area contributed by atoms with E-state index in [1.165, 1.54) is 0 Å². The van der Waals surface area contributed by atoms with Crippen molar-refractivity contribution in [1.29, 1.82) is 0 Å². The van der Waals surface area contributed by atoms with Crippen LogP contribution in [0.1, 0.15) is 52.1 Å². The molecule has 1 aromatic rings. The van der Waals surface area contributed by atoms with Gasteiger partial charge in [-0.1, -0.05) is 13.8 Å². The molecule has 1 rings (SSSR count). The molecular formula is C15H27N3O2. The number of hydrogen-bond acceptors (Lipinski definition) is 5. The van der Waals surface area contributed by atoms with Gasteiger partial charge < -0.3 is 9.47 Å². The molecule has 0 aliphatic rings. The first-order chi connectivity index (χ1) is 9.61. The fraction of sp³-hybridized carbons (Fsp3) is 0.667. The summed E-state index contributed by atoms with van der Waals surface area (Å²) >= 11 is 0. The predicted octanol–water partition coefficient (Wildman–Crippen LogP) is 2.58. The third-order valence-electron chi connectivity index (χ3n) is 3.49. The Morgan fingerprint density at radius 2 is 2.10 bits per heavy atom. The van der Waals surface area contributed by atoms with Crippen molar-refractivity contribution in [3.63, 3.8) is 0 Å². The van der Waals surface area contributed by atoms with Gasteiger partial charge in [0.2, 0.25) is 0 Å². The summed E-state index contributed by atoms with van der Waals surface area (Å²) in [5, 5.41) is 0. The molecule has 2 unspecified atom stereocenters. The van der Waals surface area contributed by atoms with E-state index in [1.807, 2.05) is 13.0 Å². The first-order valence-corrected chi connectivity index (χ1v) is 7.29. The Hall–Kier alpha value is -1.17. The van der Waals surface area contributed by atoms with Crippen LogP contribution >= 0.6 is 0 Å². The predicted molar refractivity (Wildman–Crippen MR) is 80.4 cm³/mol. The SMILES string of the molecule is CCCOc1cncc(C(NN)C(C)(CC)OCC)c1. The van der Waals surface area contributed by atoms with E-state index in [1.54, 1.807) is 12.4 Å². The quantitative estimate of drug-likeness (QED) is 0.538. The van der Waals surface area contributed by atoms with Crippen molar-refractivity contribution in [2.45, 2.75) is 52.2 Å². The molecule has 5 nitrogen and oxygen atoms in total. The topological polar surface area (TPSA) is 69.4 Å². The molecule has 0 radical (unpaired) electrons. The van der Waals surface area contributed by atoms with E-state index in [9.17, 15) is 0 Å². The van der Waals surface area contributed by atoms with E-state index in [-0.39, 0.29) is 11.6 Å². The Morgan fingerprint density at radius 1 is 1.35 bits per heavy atom. The fourth-order valence-corrected chi connectivity index (χ4v) is 2.24. The minimum Gasteiger partial charge on any atom is -0.492 e. The highest BCUT2D eigenvalue weighted by atomic mass is 16.5. The summed E-state index contributed by atoms with van der Waals surface area (Å²) in [6, 6.07) is 1.84. The normalized spacial score (nSPS) is 15.7. The molecule has 0 amide bonds. The van der Waals surface area contributed by atoms with Gasteiger partial charge in [-0.15, -0.1) is 0 Å². The maximum atomic E-state index is 5.90. The summed E-state index contributed by atoms with van der Waals surface area (Å²) in [5.74, 6) is 6.51. The lowest BCUT2D eigenvalue weighted by atomic mass is 9.88. The van der Waals surface area contributed by atoms with E-state index in [4.69, 9.17) is 15.3 Å². The van der Waals surface area contributed by atoms with Gasteiger partial charge in [0.05, 0.1) is 24.4 Å². The van der Waals surface area contributed by atoms with E-state index < -0.39 is 0 Å². The van der Waals surface area contributed by atoms with E-state index in [2.05, 4.69) is 31.2 Å². The van der Waals surface area contributed by atoms with Crippen molar-refractivity contribution in [2.24, 2.45) is 5.84 Å². The molecule has 0 aliphatic carbocycles. The van der Waals surface area contributed by atoms with Gasteiger partial charge >= 0.3 is 0 Å². The number of nitrogens with two attached hydrogens (primary N) is 1. The molecule has 0 fully saturated rings. The first-order valence-electron chi connectivity index (χ1n) is 7.29. The van der Waals surface area contributed by atoms with Crippen LogP contribution in [0.25, 0.3) is 0 Å². The second-order valence-corrected chi connectivity index (χ2v) is 5.00. The molecule has 5 heteroatoms. The Labute approximate surface area is 121 Å². The number of nitrogens with zero attached hydrogens (tertiary/aromatic N) is 1. The van der Waals surface area contributed by atoms with Crippen LogP contribution in [-0.2, 0) is 4.74 Å². The van der Waals surface area contributed by atoms with Gasteiger partial charge in [-0.3, -0.25) is 16.3 Å². The summed E-state index contributed by atoms with van der Waals surface area (Å²) in [7, 11) is 0. The lowest BCUT2D eigenvalue weighted by Crippen LogP contribution is -2.46. The monoisotopic (exact) mass is 281 g/mol. The summed E-state index contributed by atoms with van der Waals surface area (Å²) < 4.78 is 11.5. The average Bonchev–Trinajstić information content (AvgIpc) is 2.46. The van der Waals surface area contributed by atoms with Crippen LogP contribution in [0.2, 0.25) is 0 Å². The number of rotatable bonds is 9. The van der Waals surface area contributed by atoms with Gasteiger partial charge in [0.1, 0.15) is 5.75 Å². The maximum Gasteiger partial charge on any atom is 0.137 e. The molecule has 1 heterocycles. The fourth-order valence-electron chi connectivity index (χ4n) is 2.24. The van der Waals surface area contributed by atoms with Crippen LogP contribution in [0.3, 0.4) is 0 Å². The van der Waals surface area contributed by atoms with Crippen LogP contribution in [0.4, 0.5) is 0 Å². The molecule has 0 saturated carbocycles. The lowest BCUT2D eigenvalue weighted by molar-refractivity contribution is -0.0565. The summed E-state index contributed by atoms with van der Waals surface area (Å²) in [4.78, 5) is 4.24. The van der Waals surface area contributed by atoms with Gasteiger partial charge in [0.15, 0.2) is 0 Å². The molecule has 114 valence electrons. The van der Waals surface area contributed by atoms with Gasteiger partial charge in [0, 0.05) is 12.8 Å². The zero-order valence-electron chi connectivity index (χ0n) is 13.0. The first kappa shape index (κ1) is 16.9. The Balaban J connectivity index is 2.99. The molecule has 3 N–H and O–H groups in total. The second-order valence-electron chi connectivity index (χ2n) is 5.00. The second kappa shape index (κ2) is 8.19. The third-order valence-corrected chi connectivity index (χ3v) is 3.49. The summed E-state index contributed by atoms with van der Waals surface area (Å²) in [6.07, 6.45) is 5.33. The van der Waals surface area contributed by atoms with Crippen molar-refractivity contribution in [1.82, 2.24) is 10.4 Å². The summed E-state index contributed by atoms with van der Waals surface area (Å²) in [5.41, 5.74) is 3.45. The number of hydrogen-bond donors (Lipinski definition) is 2. The highest BCUT2D eigenvalue weighted by Gasteiger charge is 2.34. The molecule has 0 bridgehead atoms. The minimum absolute atomic E-state index is 0.134. The number of aromatic nitrogens is 1. The molecule has 0 saturated heterocycles. The Morgan fingerprint density at radius 3 is 2.65 bits per heavy atom. The highest BCUT2D eigenvalue weighted by molar-refractivity contribution is 5.27. The van der Waals surface area contributed by atoms with E-state index >= 15 is 0 Å². The maximum absolute atomic E-state index is 5.90. The number of ether oxygens (including phenoxy) is 2. The smallest absolute Gasteiger partial charge is 0.137 e. The van der Waals surface area contributed by atoms with Crippen LogP contribution in [0, 0.1) is 0 Å². The largest absolute Gasteiger partial charge is 0.492 e. The molecule has 0 aromatic carbocycles. The molecule has 2 atom stereocenters. The lowest BCUT2D eigenvalue weighted by Gasteiger charge is -2.36. The number of hydrazine groups is 1. The molecule has 0 spiro atoms. The van der Waals surface area contributed by atoms with E-state index in [0.29, 0.717) is 13.2 Å². The zero-order valence-corrected chi connectivity index (χ0v) is 13.0. The third kappa shape index (κ3) is 4.16. The zero-order chi connectivity index (χ0) is 15.0. The van der Waals surface area contributed by atoms with Crippen molar-refractivity contribution in [2.75, 3.05) is 13.2 Å². The number of nitrogens with one attached hydrogen (secondary N) is 1. The molecule has 0 aliphatic heterocycles. The van der Waals surface area contributed by atoms with Gasteiger partial charge in [-0.25, -0.2) is 0 Å². The van der Waals surface area contributed by atoms with Crippen molar-refractivity contribution in [3.8, 4) is 5.75 Å². The van der Waals surface area contributed by atoms with Gasteiger partial charge in [-0.2, -0.15) is 0 Å². The average molecular weight is 281 g/mol. The van der Waals surface area contributed by atoms with Crippen LogP contribution in [-0.4, -0.2) is 23.8 Å². The van der Waals surface area contributed by atoms with Gasteiger partial charge in [-0.05, 0) is 38.3 Å². The summed E-state index contributed by atoms with van der Waals surface area (Å²) in [6.45, 7) is 9.53. The highest BCUT2D eigenvalue weighted by Crippen LogP contribution is 2.32. The van der Waals surface area contributed by atoms with Crippen molar-refractivity contribution in [3.05, 3.63) is 24.0 Å². The molecule has 1 aromatic heterocycles. The standard InChI is InChI=1S/C15H27N3O2/c1-5-8-19-13-9-12(10-17-11-13)14(18-16)15(4,6-2)20-7-3/h9-11,14,18H,5-8,16H2,1-4H3. The minimum atomic E-state index is -0.380.